The Kier molecular flexibility index (Phi) is 4.78. The number of nitrogens with two attached hydrogens (primary N) is 1. The van der Waals surface area contributed by atoms with Crippen LogP contribution in [-0.4, -0.2) is 46.3 Å². The summed E-state index contributed by atoms with van der Waals surface area (Å²) in [6.07, 6.45) is 1.43. The lowest BCUT2D eigenvalue weighted by molar-refractivity contribution is -0.0450. The van der Waals surface area contributed by atoms with E-state index in [9.17, 15) is 0 Å². The molecule has 1 atom stereocenters. The largest absolute Gasteiger partial charge is 0.367 e. The molecular weight excluding hydrogens is 256 g/mol. The molecule has 0 spiro atoms. The van der Waals surface area contributed by atoms with Crippen molar-refractivity contribution in [3.05, 3.63) is 11.7 Å². The van der Waals surface area contributed by atoms with Gasteiger partial charge in [0.2, 0.25) is 11.7 Å². The Labute approximate surface area is 120 Å². The summed E-state index contributed by atoms with van der Waals surface area (Å²) in [5, 5.41) is 4.06. The van der Waals surface area contributed by atoms with Crippen LogP contribution in [0.25, 0.3) is 0 Å². The van der Waals surface area contributed by atoms with E-state index in [-0.39, 0.29) is 11.6 Å². The molecule has 0 aliphatic carbocycles. The molecule has 1 aliphatic heterocycles. The molecule has 0 aromatic carbocycles. The van der Waals surface area contributed by atoms with E-state index < -0.39 is 0 Å². The summed E-state index contributed by atoms with van der Waals surface area (Å²) in [7, 11) is 0. The second kappa shape index (κ2) is 6.20. The SMILES string of the molecule is CC(C)N1CCOC(c2noc(CCC(C)(C)N)n2)C1. The van der Waals surface area contributed by atoms with Gasteiger partial charge >= 0.3 is 0 Å². The van der Waals surface area contributed by atoms with E-state index in [4.69, 9.17) is 15.0 Å². The van der Waals surface area contributed by atoms with E-state index in [2.05, 4.69) is 28.9 Å². The Morgan fingerprint density at radius 3 is 2.85 bits per heavy atom. The molecule has 20 heavy (non-hydrogen) atoms. The molecule has 114 valence electrons. The van der Waals surface area contributed by atoms with Gasteiger partial charge in [0.15, 0.2) is 0 Å². The average molecular weight is 282 g/mol. The van der Waals surface area contributed by atoms with E-state index in [1.165, 1.54) is 0 Å². The number of aromatic nitrogens is 2. The summed E-state index contributed by atoms with van der Waals surface area (Å²) in [4.78, 5) is 6.81. The zero-order chi connectivity index (χ0) is 14.8. The molecule has 2 heterocycles. The molecule has 0 radical (unpaired) electrons. The fourth-order valence-electron chi connectivity index (χ4n) is 2.22. The molecule has 1 aliphatic rings. The van der Waals surface area contributed by atoms with Crippen molar-refractivity contribution in [1.29, 1.82) is 0 Å². The molecule has 1 unspecified atom stereocenters. The fourth-order valence-corrected chi connectivity index (χ4v) is 2.22. The second-order valence-electron chi connectivity index (χ2n) is 6.48. The van der Waals surface area contributed by atoms with E-state index in [1.54, 1.807) is 0 Å². The van der Waals surface area contributed by atoms with Crippen LogP contribution in [-0.2, 0) is 11.2 Å². The van der Waals surface area contributed by atoms with E-state index in [0.29, 0.717) is 30.8 Å². The molecule has 1 aromatic rings. The average Bonchev–Trinajstić information content (AvgIpc) is 2.84. The normalized spacial score (nSPS) is 21.6. The second-order valence-corrected chi connectivity index (χ2v) is 6.48. The molecular formula is C14H26N4O2. The molecule has 6 nitrogen and oxygen atoms in total. The predicted octanol–water partition coefficient (Wildman–Crippen LogP) is 1.52. The van der Waals surface area contributed by atoms with Gasteiger partial charge in [-0.2, -0.15) is 4.98 Å². The van der Waals surface area contributed by atoms with Gasteiger partial charge in [0.05, 0.1) is 6.61 Å². The highest BCUT2D eigenvalue weighted by atomic mass is 16.5. The topological polar surface area (TPSA) is 77.4 Å². The summed E-state index contributed by atoms with van der Waals surface area (Å²) in [5.74, 6) is 1.30. The molecule has 0 bridgehead atoms. The molecule has 1 saturated heterocycles. The molecule has 2 N–H and O–H groups in total. The van der Waals surface area contributed by atoms with Crippen molar-refractivity contribution in [3.63, 3.8) is 0 Å². The maximum atomic E-state index is 5.96. The van der Waals surface area contributed by atoms with Crippen molar-refractivity contribution in [2.45, 2.75) is 58.2 Å². The van der Waals surface area contributed by atoms with Gasteiger partial charge in [-0.1, -0.05) is 5.16 Å². The number of hydrogen-bond acceptors (Lipinski definition) is 6. The van der Waals surface area contributed by atoms with Crippen molar-refractivity contribution < 1.29 is 9.26 Å². The molecule has 0 amide bonds. The first-order valence-electron chi connectivity index (χ1n) is 7.32. The number of aryl methyl sites for hydroxylation is 1. The first-order valence-corrected chi connectivity index (χ1v) is 7.32. The quantitative estimate of drug-likeness (QED) is 0.882. The monoisotopic (exact) mass is 282 g/mol. The summed E-state index contributed by atoms with van der Waals surface area (Å²) < 4.78 is 11.0. The first kappa shape index (κ1) is 15.4. The summed E-state index contributed by atoms with van der Waals surface area (Å²) in [6, 6.07) is 0.505. The molecule has 1 fully saturated rings. The van der Waals surface area contributed by atoms with Gasteiger partial charge in [0.1, 0.15) is 6.10 Å². The number of nitrogens with zero attached hydrogens (tertiary/aromatic N) is 3. The van der Waals surface area contributed by atoms with Gasteiger partial charge in [-0.3, -0.25) is 4.90 Å². The number of hydrogen-bond donors (Lipinski definition) is 1. The zero-order valence-electron chi connectivity index (χ0n) is 12.9. The Balaban J connectivity index is 1.94. The van der Waals surface area contributed by atoms with Crippen LogP contribution in [0.4, 0.5) is 0 Å². The van der Waals surface area contributed by atoms with Crippen molar-refractivity contribution in [2.75, 3.05) is 19.7 Å². The van der Waals surface area contributed by atoms with Crippen LogP contribution in [0.3, 0.4) is 0 Å². The number of ether oxygens (including phenoxy) is 1. The molecule has 2 rings (SSSR count). The Bertz CT molecular complexity index is 425. The lowest BCUT2D eigenvalue weighted by Gasteiger charge is -2.34. The minimum Gasteiger partial charge on any atom is -0.367 e. The van der Waals surface area contributed by atoms with E-state index >= 15 is 0 Å². The summed E-state index contributed by atoms with van der Waals surface area (Å²) in [5.41, 5.74) is 5.75. The third kappa shape index (κ3) is 4.26. The van der Waals surface area contributed by atoms with Crippen LogP contribution in [0.15, 0.2) is 4.52 Å². The molecule has 0 saturated carbocycles. The highest BCUT2D eigenvalue weighted by Crippen LogP contribution is 2.21. The third-order valence-electron chi connectivity index (χ3n) is 3.58. The highest BCUT2D eigenvalue weighted by molar-refractivity contribution is 4.95. The van der Waals surface area contributed by atoms with Gasteiger partial charge in [-0.25, -0.2) is 0 Å². The molecule has 6 heteroatoms. The third-order valence-corrected chi connectivity index (χ3v) is 3.58. The van der Waals surface area contributed by atoms with Crippen LogP contribution in [0, 0.1) is 0 Å². The van der Waals surface area contributed by atoms with Gasteiger partial charge < -0.3 is 15.0 Å². The van der Waals surface area contributed by atoms with Crippen LogP contribution >= 0.6 is 0 Å². The Morgan fingerprint density at radius 1 is 1.45 bits per heavy atom. The van der Waals surface area contributed by atoms with Crippen molar-refractivity contribution in [2.24, 2.45) is 5.73 Å². The van der Waals surface area contributed by atoms with E-state index in [1.807, 2.05) is 13.8 Å². The van der Waals surface area contributed by atoms with E-state index in [0.717, 1.165) is 19.5 Å². The van der Waals surface area contributed by atoms with Crippen LogP contribution < -0.4 is 5.73 Å². The van der Waals surface area contributed by atoms with Gasteiger partial charge in [-0.15, -0.1) is 0 Å². The van der Waals surface area contributed by atoms with Gasteiger partial charge in [0.25, 0.3) is 0 Å². The van der Waals surface area contributed by atoms with Crippen LogP contribution in [0.5, 0.6) is 0 Å². The maximum absolute atomic E-state index is 5.96. The van der Waals surface area contributed by atoms with Crippen molar-refractivity contribution >= 4 is 0 Å². The van der Waals surface area contributed by atoms with Crippen LogP contribution in [0.1, 0.15) is 51.9 Å². The number of morpholine rings is 1. The maximum Gasteiger partial charge on any atom is 0.226 e. The zero-order valence-corrected chi connectivity index (χ0v) is 12.9. The highest BCUT2D eigenvalue weighted by Gasteiger charge is 2.27. The predicted molar refractivity (Wildman–Crippen MR) is 76.3 cm³/mol. The minimum atomic E-state index is -0.218. The van der Waals surface area contributed by atoms with Crippen molar-refractivity contribution in [1.82, 2.24) is 15.0 Å². The fraction of sp³-hybridized carbons (Fsp3) is 0.857. The Morgan fingerprint density at radius 2 is 2.20 bits per heavy atom. The molecule has 1 aromatic heterocycles. The van der Waals surface area contributed by atoms with Gasteiger partial charge in [0, 0.05) is 31.1 Å². The number of rotatable bonds is 5. The van der Waals surface area contributed by atoms with Crippen molar-refractivity contribution in [3.8, 4) is 0 Å². The summed E-state index contributed by atoms with van der Waals surface area (Å²) >= 11 is 0. The lowest BCUT2D eigenvalue weighted by atomic mass is 10.0. The minimum absolute atomic E-state index is 0.0884. The summed E-state index contributed by atoms with van der Waals surface area (Å²) in [6.45, 7) is 10.9. The lowest BCUT2D eigenvalue weighted by Crippen LogP contribution is -2.42. The van der Waals surface area contributed by atoms with Gasteiger partial charge in [-0.05, 0) is 34.1 Å². The Hall–Kier alpha value is -0.980. The smallest absolute Gasteiger partial charge is 0.226 e. The van der Waals surface area contributed by atoms with Crippen LogP contribution in [0.2, 0.25) is 0 Å². The standard InChI is InChI=1S/C14H26N4O2/c1-10(2)18-7-8-19-11(9-18)13-16-12(20-17-13)5-6-14(3,4)15/h10-11H,5-9,15H2,1-4H3. The first-order chi connectivity index (χ1) is 9.35.